The molecule has 6 heteroatoms. The fraction of sp³-hybridized carbons (Fsp3) is 0.643. The van der Waals surface area contributed by atoms with Gasteiger partial charge in [0.2, 0.25) is 0 Å². The number of hydrogen-bond donors (Lipinski definition) is 2. The summed E-state index contributed by atoms with van der Waals surface area (Å²) in [5, 5.41) is 15.8. The number of carboxylic acids is 2. The van der Waals surface area contributed by atoms with Crippen LogP contribution < -0.4 is 0 Å². The molecule has 0 unspecified atom stereocenters. The first-order valence-electron chi connectivity index (χ1n) is 6.63. The van der Waals surface area contributed by atoms with Crippen LogP contribution in [0.4, 0.5) is 0 Å². The van der Waals surface area contributed by atoms with Crippen molar-refractivity contribution in [1.29, 1.82) is 0 Å². The molecule has 0 aromatic heterocycles. The van der Waals surface area contributed by atoms with Gasteiger partial charge in [-0.3, -0.25) is 9.59 Å². The minimum Gasteiger partial charge on any atom is -0.481 e. The van der Waals surface area contributed by atoms with Gasteiger partial charge in [-0.15, -0.1) is 0 Å². The molecule has 1 aliphatic rings. The maximum absolute atomic E-state index is 11.1. The molecule has 0 aromatic rings. The van der Waals surface area contributed by atoms with Crippen LogP contribution in [0.25, 0.3) is 0 Å². The van der Waals surface area contributed by atoms with Crippen LogP contribution in [0.5, 0.6) is 0 Å². The second kappa shape index (κ2) is 10.00. The van der Waals surface area contributed by atoms with Gasteiger partial charge in [0.15, 0.2) is 0 Å². The van der Waals surface area contributed by atoms with E-state index in [1.165, 1.54) is 19.3 Å². The number of rotatable bonds is 5. The fourth-order valence-corrected chi connectivity index (χ4v) is 1.65. The van der Waals surface area contributed by atoms with Crippen molar-refractivity contribution < 1.29 is 29.3 Å². The Hall–Kier alpha value is -1.85. The van der Waals surface area contributed by atoms with E-state index in [0.717, 1.165) is 12.8 Å². The Kier molecular flexibility index (Phi) is 9.07. The highest BCUT2D eigenvalue weighted by atomic mass is 16.5. The number of carbonyl (C=O) groups is 3. The number of carbonyl (C=O) groups excluding carboxylic acids is 1. The predicted molar refractivity (Wildman–Crippen MR) is 72.3 cm³/mol. The van der Waals surface area contributed by atoms with E-state index in [1.54, 1.807) is 6.92 Å². The largest absolute Gasteiger partial charge is 0.481 e. The van der Waals surface area contributed by atoms with Crippen LogP contribution in [0.1, 0.15) is 51.9 Å². The van der Waals surface area contributed by atoms with Gasteiger partial charge in [0.25, 0.3) is 0 Å². The van der Waals surface area contributed by atoms with E-state index < -0.39 is 11.9 Å². The maximum atomic E-state index is 11.1. The lowest BCUT2D eigenvalue weighted by Crippen LogP contribution is -2.20. The van der Waals surface area contributed by atoms with Crippen molar-refractivity contribution in [1.82, 2.24) is 0 Å². The van der Waals surface area contributed by atoms with E-state index in [0.29, 0.717) is 5.57 Å². The first-order chi connectivity index (χ1) is 9.32. The van der Waals surface area contributed by atoms with Crippen molar-refractivity contribution in [3.05, 3.63) is 12.2 Å². The van der Waals surface area contributed by atoms with E-state index in [1.807, 2.05) is 0 Å². The predicted octanol–water partition coefficient (Wildman–Crippen LogP) is 2.37. The number of esters is 1. The average molecular weight is 286 g/mol. The maximum Gasteiger partial charge on any atom is 0.333 e. The fourth-order valence-electron chi connectivity index (χ4n) is 1.65. The van der Waals surface area contributed by atoms with Gasteiger partial charge < -0.3 is 14.9 Å². The van der Waals surface area contributed by atoms with Crippen molar-refractivity contribution in [2.24, 2.45) is 0 Å². The molecule has 1 saturated carbocycles. The third kappa shape index (κ3) is 10.1. The lowest BCUT2D eigenvalue weighted by molar-refractivity contribution is -0.145. The van der Waals surface area contributed by atoms with Crippen LogP contribution in [0.3, 0.4) is 0 Å². The zero-order chi connectivity index (χ0) is 15.5. The summed E-state index contributed by atoms with van der Waals surface area (Å²) in [4.78, 5) is 30.4. The lowest BCUT2D eigenvalue weighted by Gasteiger charge is -2.21. The molecule has 0 saturated heterocycles. The van der Waals surface area contributed by atoms with Gasteiger partial charge in [-0.05, 0) is 32.6 Å². The Morgan fingerprint density at radius 2 is 1.50 bits per heavy atom. The topological polar surface area (TPSA) is 101 Å². The minimum atomic E-state index is -1.08. The summed E-state index contributed by atoms with van der Waals surface area (Å²) in [6.07, 6.45) is 5.27. The molecule has 1 fully saturated rings. The molecule has 114 valence electrons. The molecule has 20 heavy (non-hydrogen) atoms. The van der Waals surface area contributed by atoms with E-state index in [4.69, 9.17) is 14.9 Å². The first kappa shape index (κ1) is 18.1. The molecular weight excluding hydrogens is 264 g/mol. The second-order valence-electron chi connectivity index (χ2n) is 4.73. The van der Waals surface area contributed by atoms with E-state index in [2.05, 4.69) is 6.58 Å². The summed E-state index contributed by atoms with van der Waals surface area (Å²) in [6.45, 7) is 5.23. The van der Waals surface area contributed by atoms with Crippen LogP contribution >= 0.6 is 0 Å². The zero-order valence-electron chi connectivity index (χ0n) is 11.8. The minimum absolute atomic E-state index is 0.156. The molecule has 0 aliphatic heterocycles. The molecule has 0 atom stereocenters. The van der Waals surface area contributed by atoms with E-state index >= 15 is 0 Å². The summed E-state index contributed by atoms with van der Waals surface area (Å²) < 4.78 is 5.21. The van der Waals surface area contributed by atoms with Crippen LogP contribution in [-0.2, 0) is 19.1 Å². The Morgan fingerprint density at radius 1 is 1.05 bits per heavy atom. The Labute approximate surface area is 118 Å². The Balaban J connectivity index is 0.000000396. The van der Waals surface area contributed by atoms with Crippen molar-refractivity contribution in [3.63, 3.8) is 0 Å². The smallest absolute Gasteiger partial charge is 0.333 e. The molecule has 0 aromatic carbocycles. The highest BCUT2D eigenvalue weighted by Crippen LogP contribution is 2.20. The molecular formula is C14H22O6. The summed E-state index contributed by atoms with van der Waals surface area (Å²) in [7, 11) is 0. The SMILES string of the molecule is C=C(C)C(=O)OC1CCCCC1.O=C(O)CCC(=O)O. The third-order valence-corrected chi connectivity index (χ3v) is 2.73. The van der Waals surface area contributed by atoms with Gasteiger partial charge in [0.1, 0.15) is 6.10 Å². The summed E-state index contributed by atoms with van der Waals surface area (Å²) in [5.41, 5.74) is 0.501. The Bertz CT molecular complexity index is 341. The molecule has 0 spiro atoms. The van der Waals surface area contributed by atoms with Gasteiger partial charge in [0, 0.05) is 5.57 Å². The molecule has 1 aliphatic carbocycles. The third-order valence-electron chi connectivity index (χ3n) is 2.73. The van der Waals surface area contributed by atoms with Crippen LogP contribution in [0, 0.1) is 0 Å². The van der Waals surface area contributed by atoms with Crippen molar-refractivity contribution in [3.8, 4) is 0 Å². The molecule has 0 amide bonds. The van der Waals surface area contributed by atoms with Gasteiger partial charge in [-0.1, -0.05) is 13.0 Å². The van der Waals surface area contributed by atoms with Gasteiger partial charge >= 0.3 is 17.9 Å². The standard InChI is InChI=1S/C10H16O2.C4H6O4/c1-8(2)10(11)12-9-6-4-3-5-7-9;5-3(6)1-2-4(7)8/h9H,1,3-7H2,2H3;1-2H2,(H,5,6)(H,7,8). The summed E-state index contributed by atoms with van der Waals surface area (Å²) >= 11 is 0. The molecule has 0 radical (unpaired) electrons. The molecule has 0 heterocycles. The van der Waals surface area contributed by atoms with Crippen molar-refractivity contribution >= 4 is 17.9 Å². The highest BCUT2D eigenvalue weighted by Gasteiger charge is 2.17. The zero-order valence-corrected chi connectivity index (χ0v) is 11.8. The molecule has 6 nitrogen and oxygen atoms in total. The number of hydrogen-bond acceptors (Lipinski definition) is 4. The Morgan fingerprint density at radius 3 is 1.85 bits per heavy atom. The number of carboxylic acid groups (broad SMARTS) is 2. The van der Waals surface area contributed by atoms with Crippen LogP contribution in [0.15, 0.2) is 12.2 Å². The van der Waals surface area contributed by atoms with Crippen molar-refractivity contribution in [2.45, 2.75) is 58.0 Å². The van der Waals surface area contributed by atoms with E-state index in [-0.39, 0.29) is 24.9 Å². The summed E-state index contributed by atoms with van der Waals surface area (Å²) in [5.74, 6) is -2.39. The number of ether oxygens (including phenoxy) is 1. The number of aliphatic carboxylic acids is 2. The summed E-state index contributed by atoms with van der Waals surface area (Å²) in [6, 6.07) is 0. The molecule has 2 N–H and O–H groups in total. The molecule has 0 bridgehead atoms. The van der Waals surface area contributed by atoms with Gasteiger partial charge in [-0.25, -0.2) is 4.79 Å². The highest BCUT2D eigenvalue weighted by molar-refractivity contribution is 5.87. The average Bonchev–Trinajstić information content (AvgIpc) is 2.38. The molecule has 1 rings (SSSR count). The van der Waals surface area contributed by atoms with Gasteiger partial charge in [0.05, 0.1) is 12.8 Å². The normalized spacial score (nSPS) is 14.7. The van der Waals surface area contributed by atoms with E-state index in [9.17, 15) is 14.4 Å². The lowest BCUT2D eigenvalue weighted by atomic mass is 9.98. The van der Waals surface area contributed by atoms with Crippen LogP contribution in [-0.4, -0.2) is 34.2 Å². The van der Waals surface area contributed by atoms with Gasteiger partial charge in [-0.2, -0.15) is 0 Å². The first-order valence-corrected chi connectivity index (χ1v) is 6.63. The van der Waals surface area contributed by atoms with Crippen LogP contribution in [0.2, 0.25) is 0 Å². The second-order valence-corrected chi connectivity index (χ2v) is 4.73. The monoisotopic (exact) mass is 286 g/mol. The quantitative estimate of drug-likeness (QED) is 0.594. The van der Waals surface area contributed by atoms with Crippen molar-refractivity contribution in [2.75, 3.05) is 0 Å².